The van der Waals surface area contributed by atoms with Crippen LogP contribution < -0.4 is 15.4 Å². The number of anilines is 2. The molecule has 0 bridgehead atoms. The monoisotopic (exact) mass is 265 g/mol. The molecule has 1 aromatic rings. The summed E-state index contributed by atoms with van der Waals surface area (Å²) in [6, 6.07) is 0.858. The van der Waals surface area contributed by atoms with Gasteiger partial charge in [-0.3, -0.25) is 0 Å². The summed E-state index contributed by atoms with van der Waals surface area (Å²) in [4.78, 5) is 12.9. The molecule has 0 atom stereocenters. The summed E-state index contributed by atoms with van der Waals surface area (Å²) >= 11 is 0. The van der Waals surface area contributed by atoms with Gasteiger partial charge in [-0.1, -0.05) is 13.8 Å². The molecule has 0 saturated heterocycles. The largest absolute Gasteiger partial charge is 0.464 e. The second-order valence-electron chi connectivity index (χ2n) is 5.04. The predicted octanol–water partition coefficient (Wildman–Crippen LogP) is 2.30. The van der Waals surface area contributed by atoms with Crippen molar-refractivity contribution in [1.82, 2.24) is 15.0 Å². The van der Waals surface area contributed by atoms with Gasteiger partial charge in [0.1, 0.15) is 0 Å². The fourth-order valence-electron chi connectivity index (χ4n) is 2.13. The SMILES string of the molecule is CCCNc1nc(NC2CC(C)C2)nc(OCC)n1. The number of hydrogen-bond donors (Lipinski definition) is 2. The maximum Gasteiger partial charge on any atom is 0.323 e. The second kappa shape index (κ2) is 6.54. The van der Waals surface area contributed by atoms with Gasteiger partial charge in [0.25, 0.3) is 0 Å². The molecule has 1 aromatic heterocycles. The minimum Gasteiger partial charge on any atom is -0.464 e. The summed E-state index contributed by atoms with van der Waals surface area (Å²) in [7, 11) is 0. The van der Waals surface area contributed by atoms with Crippen LogP contribution in [-0.4, -0.2) is 34.1 Å². The van der Waals surface area contributed by atoms with Gasteiger partial charge in [0, 0.05) is 12.6 Å². The molecule has 1 aliphatic rings. The van der Waals surface area contributed by atoms with Gasteiger partial charge in [0.05, 0.1) is 6.61 Å². The van der Waals surface area contributed by atoms with E-state index < -0.39 is 0 Å². The van der Waals surface area contributed by atoms with Crippen LogP contribution in [0.5, 0.6) is 6.01 Å². The first-order valence-electron chi connectivity index (χ1n) is 7.10. The van der Waals surface area contributed by atoms with Crippen LogP contribution in [0.1, 0.15) is 40.0 Å². The zero-order chi connectivity index (χ0) is 13.7. The molecular formula is C13H23N5O. The summed E-state index contributed by atoms with van der Waals surface area (Å²) in [6.07, 6.45) is 3.37. The Bertz CT molecular complexity index is 406. The Morgan fingerprint density at radius 2 is 1.89 bits per heavy atom. The molecule has 19 heavy (non-hydrogen) atoms. The molecule has 0 amide bonds. The van der Waals surface area contributed by atoms with Gasteiger partial charge in [-0.15, -0.1) is 0 Å². The fraction of sp³-hybridized carbons (Fsp3) is 0.769. The number of aromatic nitrogens is 3. The minimum atomic E-state index is 0.381. The summed E-state index contributed by atoms with van der Waals surface area (Å²) in [5.74, 6) is 1.98. The Hall–Kier alpha value is -1.59. The molecule has 0 unspecified atom stereocenters. The molecule has 1 fully saturated rings. The van der Waals surface area contributed by atoms with Crippen LogP contribution in [0.4, 0.5) is 11.9 Å². The lowest BCUT2D eigenvalue weighted by molar-refractivity contribution is 0.302. The molecule has 0 aromatic carbocycles. The highest BCUT2D eigenvalue weighted by Crippen LogP contribution is 2.28. The third-order valence-corrected chi connectivity index (χ3v) is 3.13. The van der Waals surface area contributed by atoms with E-state index in [-0.39, 0.29) is 0 Å². The van der Waals surface area contributed by atoms with Crippen LogP contribution in [0.15, 0.2) is 0 Å². The molecule has 1 aliphatic carbocycles. The molecular weight excluding hydrogens is 242 g/mol. The van der Waals surface area contributed by atoms with Gasteiger partial charge in [0.2, 0.25) is 11.9 Å². The number of nitrogens with one attached hydrogen (secondary N) is 2. The molecule has 106 valence electrons. The van der Waals surface area contributed by atoms with E-state index >= 15 is 0 Å². The first-order valence-corrected chi connectivity index (χ1v) is 7.10. The van der Waals surface area contributed by atoms with E-state index in [4.69, 9.17) is 4.74 Å². The van der Waals surface area contributed by atoms with E-state index in [0.29, 0.717) is 30.6 Å². The van der Waals surface area contributed by atoms with E-state index in [1.165, 1.54) is 12.8 Å². The van der Waals surface area contributed by atoms with E-state index in [9.17, 15) is 0 Å². The minimum absolute atomic E-state index is 0.381. The van der Waals surface area contributed by atoms with Crippen molar-refractivity contribution in [2.24, 2.45) is 5.92 Å². The van der Waals surface area contributed by atoms with E-state index in [1.807, 2.05) is 6.92 Å². The van der Waals surface area contributed by atoms with Gasteiger partial charge in [0.15, 0.2) is 0 Å². The van der Waals surface area contributed by atoms with Crippen LogP contribution in [0, 0.1) is 5.92 Å². The first-order chi connectivity index (χ1) is 9.21. The lowest BCUT2D eigenvalue weighted by Crippen LogP contribution is -2.34. The average molecular weight is 265 g/mol. The molecule has 0 aliphatic heterocycles. The summed E-state index contributed by atoms with van der Waals surface area (Å²) in [5.41, 5.74) is 0. The Kier molecular flexibility index (Phi) is 4.76. The van der Waals surface area contributed by atoms with Crippen LogP contribution in [0.2, 0.25) is 0 Å². The maximum atomic E-state index is 5.38. The average Bonchev–Trinajstić information content (AvgIpc) is 2.35. The standard InChI is InChI=1S/C13H23N5O/c1-4-6-14-11-16-12(15-10-7-9(3)8-10)18-13(17-11)19-5-2/h9-10H,4-8H2,1-3H3,(H2,14,15,16,17,18). The fourth-order valence-corrected chi connectivity index (χ4v) is 2.13. The van der Waals surface area contributed by atoms with Crippen LogP contribution in [0.3, 0.4) is 0 Å². The smallest absolute Gasteiger partial charge is 0.323 e. The summed E-state index contributed by atoms with van der Waals surface area (Å²) in [5, 5.41) is 6.51. The maximum absolute atomic E-state index is 5.38. The Morgan fingerprint density at radius 3 is 2.53 bits per heavy atom. The lowest BCUT2D eigenvalue weighted by atomic mass is 9.82. The predicted molar refractivity (Wildman–Crippen MR) is 75.6 cm³/mol. The molecule has 1 heterocycles. The second-order valence-corrected chi connectivity index (χ2v) is 5.04. The normalized spacial score (nSPS) is 21.6. The Labute approximate surface area is 114 Å². The zero-order valence-electron chi connectivity index (χ0n) is 11.9. The summed E-state index contributed by atoms with van der Waals surface area (Å²) in [6.45, 7) is 7.67. The van der Waals surface area contributed by atoms with Crippen molar-refractivity contribution in [3.05, 3.63) is 0 Å². The van der Waals surface area contributed by atoms with Crippen molar-refractivity contribution in [1.29, 1.82) is 0 Å². The Morgan fingerprint density at radius 1 is 1.16 bits per heavy atom. The highest BCUT2D eigenvalue weighted by atomic mass is 16.5. The van der Waals surface area contributed by atoms with Crippen molar-refractivity contribution in [3.63, 3.8) is 0 Å². The zero-order valence-corrected chi connectivity index (χ0v) is 11.9. The molecule has 2 N–H and O–H groups in total. The number of rotatable bonds is 7. The molecule has 1 saturated carbocycles. The highest BCUT2D eigenvalue weighted by Gasteiger charge is 2.26. The van der Waals surface area contributed by atoms with Gasteiger partial charge in [-0.05, 0) is 32.1 Å². The number of ether oxygens (including phenoxy) is 1. The van der Waals surface area contributed by atoms with E-state index in [1.54, 1.807) is 0 Å². The Balaban J connectivity index is 2.04. The van der Waals surface area contributed by atoms with Crippen molar-refractivity contribution in [2.45, 2.75) is 46.1 Å². The lowest BCUT2D eigenvalue weighted by Gasteiger charge is -2.33. The van der Waals surface area contributed by atoms with Gasteiger partial charge < -0.3 is 15.4 Å². The van der Waals surface area contributed by atoms with Gasteiger partial charge >= 0.3 is 6.01 Å². The molecule has 0 spiro atoms. The van der Waals surface area contributed by atoms with Gasteiger partial charge in [-0.25, -0.2) is 0 Å². The summed E-state index contributed by atoms with van der Waals surface area (Å²) < 4.78 is 5.38. The van der Waals surface area contributed by atoms with Crippen molar-refractivity contribution >= 4 is 11.9 Å². The highest BCUT2D eigenvalue weighted by molar-refractivity contribution is 5.37. The van der Waals surface area contributed by atoms with E-state index in [0.717, 1.165) is 18.9 Å². The van der Waals surface area contributed by atoms with Crippen LogP contribution in [0.25, 0.3) is 0 Å². The first kappa shape index (κ1) is 13.8. The third kappa shape index (κ3) is 3.94. The molecule has 0 radical (unpaired) electrons. The van der Waals surface area contributed by atoms with Crippen molar-refractivity contribution in [3.8, 4) is 6.01 Å². The van der Waals surface area contributed by atoms with Gasteiger partial charge in [-0.2, -0.15) is 15.0 Å². The van der Waals surface area contributed by atoms with Crippen LogP contribution in [-0.2, 0) is 0 Å². The number of nitrogens with zero attached hydrogens (tertiary/aromatic N) is 3. The molecule has 6 nitrogen and oxygen atoms in total. The topological polar surface area (TPSA) is 72.0 Å². The molecule has 6 heteroatoms. The quantitative estimate of drug-likeness (QED) is 0.788. The van der Waals surface area contributed by atoms with E-state index in [2.05, 4.69) is 39.4 Å². The van der Waals surface area contributed by atoms with Crippen molar-refractivity contribution in [2.75, 3.05) is 23.8 Å². The molecule has 2 rings (SSSR count). The van der Waals surface area contributed by atoms with Crippen LogP contribution >= 0.6 is 0 Å². The van der Waals surface area contributed by atoms with Crippen molar-refractivity contribution < 1.29 is 4.74 Å². The number of hydrogen-bond acceptors (Lipinski definition) is 6. The third-order valence-electron chi connectivity index (χ3n) is 3.13.